The number of carbonyl (C=O) groups is 2. The number of aromatic nitrogens is 1. The molecule has 0 saturated carbocycles. The summed E-state index contributed by atoms with van der Waals surface area (Å²) in [6.07, 6.45) is 0. The summed E-state index contributed by atoms with van der Waals surface area (Å²) in [7, 11) is 3.05. The molecule has 0 aliphatic rings. The number of amides is 2. The van der Waals surface area contributed by atoms with Crippen LogP contribution >= 0.6 is 11.8 Å². The molecule has 1 aromatic heterocycles. The zero-order chi connectivity index (χ0) is 21.5. The number of hydrogen-bond acceptors (Lipinski definition) is 7. The van der Waals surface area contributed by atoms with Crippen molar-refractivity contribution in [2.24, 2.45) is 0 Å². The van der Waals surface area contributed by atoms with Gasteiger partial charge < -0.3 is 24.6 Å². The molecule has 2 aromatic carbocycles. The van der Waals surface area contributed by atoms with Gasteiger partial charge in [-0.1, -0.05) is 5.16 Å². The third-order valence-corrected chi connectivity index (χ3v) is 5.04. The second-order valence-corrected chi connectivity index (χ2v) is 7.26. The molecule has 3 aromatic rings. The fourth-order valence-corrected chi connectivity index (χ4v) is 3.27. The maximum absolute atomic E-state index is 12.5. The lowest BCUT2D eigenvalue weighted by Gasteiger charge is -2.10. The molecule has 3 rings (SSSR count). The van der Waals surface area contributed by atoms with Gasteiger partial charge in [0.25, 0.3) is 5.91 Å². The molecule has 0 aliphatic heterocycles. The molecular weight excluding hydrogens is 406 g/mol. The summed E-state index contributed by atoms with van der Waals surface area (Å²) in [6.45, 7) is 1.75. The van der Waals surface area contributed by atoms with Crippen molar-refractivity contribution in [2.45, 2.75) is 11.8 Å². The average molecular weight is 427 g/mol. The molecule has 0 atom stereocenters. The molecule has 0 aliphatic carbocycles. The Kier molecular flexibility index (Phi) is 6.97. The Morgan fingerprint density at radius 3 is 2.37 bits per heavy atom. The zero-order valence-electron chi connectivity index (χ0n) is 16.7. The van der Waals surface area contributed by atoms with Crippen LogP contribution in [0.25, 0.3) is 0 Å². The van der Waals surface area contributed by atoms with Gasteiger partial charge in [-0.25, -0.2) is 0 Å². The van der Waals surface area contributed by atoms with Crippen molar-refractivity contribution in [2.75, 3.05) is 30.6 Å². The molecule has 0 unspecified atom stereocenters. The fraction of sp³-hybridized carbons (Fsp3) is 0.190. The number of nitrogens with one attached hydrogen (secondary N) is 2. The van der Waals surface area contributed by atoms with Gasteiger partial charge in [-0.15, -0.1) is 11.8 Å². The molecule has 1 heterocycles. The van der Waals surface area contributed by atoms with Gasteiger partial charge in [-0.05, 0) is 49.4 Å². The highest BCUT2D eigenvalue weighted by atomic mass is 32.2. The minimum absolute atomic E-state index is 0.181. The van der Waals surface area contributed by atoms with Crippen molar-refractivity contribution in [1.82, 2.24) is 5.16 Å². The molecule has 8 nitrogen and oxygen atoms in total. The van der Waals surface area contributed by atoms with Crippen LogP contribution in [-0.4, -0.2) is 36.9 Å². The third kappa shape index (κ3) is 5.54. The summed E-state index contributed by atoms with van der Waals surface area (Å²) in [5.41, 5.74) is 1.09. The predicted molar refractivity (Wildman–Crippen MR) is 115 cm³/mol. The van der Waals surface area contributed by atoms with Gasteiger partial charge in [0, 0.05) is 22.2 Å². The van der Waals surface area contributed by atoms with Gasteiger partial charge in [0.15, 0.2) is 17.3 Å². The Morgan fingerprint density at radius 1 is 1.00 bits per heavy atom. The van der Waals surface area contributed by atoms with Crippen LogP contribution in [0.1, 0.15) is 16.1 Å². The number of aryl methyl sites for hydroxylation is 1. The minimum Gasteiger partial charge on any atom is -0.493 e. The molecule has 30 heavy (non-hydrogen) atoms. The summed E-state index contributed by atoms with van der Waals surface area (Å²) in [5, 5.41) is 9.22. The second kappa shape index (κ2) is 9.84. The van der Waals surface area contributed by atoms with Crippen LogP contribution in [0.4, 0.5) is 11.5 Å². The fourth-order valence-electron chi connectivity index (χ4n) is 2.57. The molecule has 0 spiro atoms. The van der Waals surface area contributed by atoms with Crippen molar-refractivity contribution >= 4 is 35.1 Å². The number of anilines is 2. The van der Waals surface area contributed by atoms with E-state index in [2.05, 4.69) is 15.8 Å². The first-order chi connectivity index (χ1) is 14.5. The maximum Gasteiger partial charge on any atom is 0.255 e. The van der Waals surface area contributed by atoms with E-state index in [1.165, 1.54) is 26.0 Å². The largest absolute Gasteiger partial charge is 0.493 e. The van der Waals surface area contributed by atoms with Gasteiger partial charge in [-0.3, -0.25) is 9.59 Å². The lowest BCUT2D eigenvalue weighted by molar-refractivity contribution is -0.113. The smallest absolute Gasteiger partial charge is 0.255 e. The van der Waals surface area contributed by atoms with Gasteiger partial charge in [-0.2, -0.15) is 0 Å². The van der Waals surface area contributed by atoms with E-state index in [1.54, 1.807) is 43.3 Å². The van der Waals surface area contributed by atoms with Crippen LogP contribution in [0, 0.1) is 6.92 Å². The highest BCUT2D eigenvalue weighted by molar-refractivity contribution is 8.00. The first-order valence-corrected chi connectivity index (χ1v) is 9.96. The Labute approximate surface area is 177 Å². The van der Waals surface area contributed by atoms with Gasteiger partial charge in [0.05, 0.1) is 20.0 Å². The lowest BCUT2D eigenvalue weighted by atomic mass is 10.2. The number of methoxy groups -OCH3 is 2. The van der Waals surface area contributed by atoms with Crippen molar-refractivity contribution in [1.29, 1.82) is 0 Å². The number of thioether (sulfide) groups is 1. The Morgan fingerprint density at radius 2 is 1.73 bits per heavy atom. The van der Waals surface area contributed by atoms with E-state index < -0.39 is 0 Å². The molecule has 9 heteroatoms. The van der Waals surface area contributed by atoms with Crippen molar-refractivity contribution < 1.29 is 23.6 Å². The van der Waals surface area contributed by atoms with E-state index in [-0.39, 0.29) is 17.6 Å². The number of ether oxygens (including phenoxy) is 2. The molecule has 2 N–H and O–H groups in total. The zero-order valence-corrected chi connectivity index (χ0v) is 17.5. The highest BCUT2D eigenvalue weighted by Gasteiger charge is 2.11. The molecule has 0 saturated heterocycles. The molecule has 0 fully saturated rings. The Hall–Kier alpha value is -3.46. The monoisotopic (exact) mass is 427 g/mol. The number of carbonyl (C=O) groups excluding carboxylic acids is 2. The van der Waals surface area contributed by atoms with Crippen LogP contribution in [0.15, 0.2) is 57.9 Å². The molecule has 156 valence electrons. The van der Waals surface area contributed by atoms with Gasteiger partial charge in [0.1, 0.15) is 5.76 Å². The van der Waals surface area contributed by atoms with Crippen LogP contribution in [0.2, 0.25) is 0 Å². The van der Waals surface area contributed by atoms with Crippen LogP contribution in [0.3, 0.4) is 0 Å². The first kappa shape index (κ1) is 21.3. The molecule has 2 amide bonds. The lowest BCUT2D eigenvalue weighted by Crippen LogP contribution is -2.14. The topological polar surface area (TPSA) is 103 Å². The predicted octanol–water partition coefficient (Wildman–Crippen LogP) is 3.98. The van der Waals surface area contributed by atoms with E-state index in [0.29, 0.717) is 34.3 Å². The van der Waals surface area contributed by atoms with E-state index in [4.69, 9.17) is 14.0 Å². The maximum atomic E-state index is 12.5. The van der Waals surface area contributed by atoms with E-state index >= 15 is 0 Å². The minimum atomic E-state index is -0.265. The molecular formula is C21H21N3O5S. The SMILES string of the molecule is COc1ccc(C(=O)Nc2ccc(SCC(=O)Nc3cc(C)on3)cc2)cc1OC. The summed E-state index contributed by atoms with van der Waals surface area (Å²) < 4.78 is 15.3. The molecule has 0 radical (unpaired) electrons. The van der Waals surface area contributed by atoms with E-state index in [9.17, 15) is 9.59 Å². The summed E-state index contributed by atoms with van der Waals surface area (Å²) >= 11 is 1.37. The number of hydrogen-bond donors (Lipinski definition) is 2. The number of nitrogens with zero attached hydrogens (tertiary/aromatic N) is 1. The summed E-state index contributed by atoms with van der Waals surface area (Å²) in [5.74, 6) is 1.84. The van der Waals surface area contributed by atoms with Crippen LogP contribution in [0.5, 0.6) is 11.5 Å². The summed E-state index contributed by atoms with van der Waals surface area (Å²) in [4.78, 5) is 25.3. The van der Waals surface area contributed by atoms with Gasteiger partial charge in [0.2, 0.25) is 5.91 Å². The quantitative estimate of drug-likeness (QED) is 0.524. The van der Waals surface area contributed by atoms with Crippen molar-refractivity contribution in [3.63, 3.8) is 0 Å². The standard InChI is InChI=1S/C21H21N3O5S/c1-13-10-19(24-29-13)23-20(25)12-30-16-7-5-15(6-8-16)22-21(26)14-4-9-17(27-2)18(11-14)28-3/h4-11H,12H2,1-3H3,(H,22,26)(H,23,24,25). The third-order valence-electron chi connectivity index (χ3n) is 4.02. The average Bonchev–Trinajstić information content (AvgIpc) is 3.17. The summed E-state index contributed by atoms with van der Waals surface area (Å²) in [6, 6.07) is 13.8. The number of benzene rings is 2. The first-order valence-electron chi connectivity index (χ1n) is 8.98. The Balaban J connectivity index is 1.54. The second-order valence-electron chi connectivity index (χ2n) is 6.21. The van der Waals surface area contributed by atoms with Gasteiger partial charge >= 0.3 is 0 Å². The van der Waals surface area contributed by atoms with Crippen LogP contribution < -0.4 is 20.1 Å². The highest BCUT2D eigenvalue weighted by Crippen LogP contribution is 2.28. The van der Waals surface area contributed by atoms with Crippen molar-refractivity contribution in [3.05, 3.63) is 59.9 Å². The van der Waals surface area contributed by atoms with Crippen LogP contribution in [-0.2, 0) is 4.79 Å². The van der Waals surface area contributed by atoms with E-state index in [0.717, 1.165) is 4.90 Å². The molecule has 0 bridgehead atoms. The Bertz CT molecular complexity index is 1030. The number of rotatable bonds is 8. The van der Waals surface area contributed by atoms with E-state index in [1.807, 2.05) is 12.1 Å². The van der Waals surface area contributed by atoms with Crippen molar-refractivity contribution in [3.8, 4) is 11.5 Å². The normalized spacial score (nSPS) is 10.4.